The molecule has 4 saturated heterocycles. The summed E-state index contributed by atoms with van der Waals surface area (Å²) in [7, 11) is 0. The van der Waals surface area contributed by atoms with E-state index >= 15 is 0 Å². The van der Waals surface area contributed by atoms with Crippen LogP contribution in [0.5, 0.6) is 0 Å². The Bertz CT molecular complexity index is 2380. The molecule has 5 aromatic rings. The van der Waals surface area contributed by atoms with E-state index in [1.807, 2.05) is 114 Å². The van der Waals surface area contributed by atoms with Gasteiger partial charge in [-0.15, -0.1) is 0 Å². The fourth-order valence-corrected chi connectivity index (χ4v) is 10.8. The Morgan fingerprint density at radius 2 is 0.913 bits per heavy atom. The summed E-state index contributed by atoms with van der Waals surface area (Å²) in [5.74, 6) is -2.39. The molecule has 69 heavy (non-hydrogen) atoms. The Labute approximate surface area is 404 Å². The van der Waals surface area contributed by atoms with Crippen LogP contribution in [0.4, 0.5) is 25.8 Å². The first-order valence-electron chi connectivity index (χ1n) is 24.9. The maximum Gasteiger partial charge on any atom is 0.247 e. The third kappa shape index (κ3) is 11.4. The summed E-state index contributed by atoms with van der Waals surface area (Å²) in [6.45, 7) is 5.13. The summed E-state index contributed by atoms with van der Waals surface area (Å²) in [5.41, 5.74) is 5.32. The first kappa shape index (κ1) is 47.6. The second-order valence-corrected chi connectivity index (χ2v) is 19.0. The van der Waals surface area contributed by atoms with Crippen LogP contribution in [0.1, 0.15) is 98.5 Å². The molecule has 13 heteroatoms. The van der Waals surface area contributed by atoms with Crippen LogP contribution in [0.3, 0.4) is 0 Å². The lowest BCUT2D eigenvalue weighted by Gasteiger charge is -2.37. The smallest absolute Gasteiger partial charge is 0.247 e. The number of nitrogens with zero attached hydrogens (tertiary/aromatic N) is 5. The fourth-order valence-electron chi connectivity index (χ4n) is 10.8. The minimum absolute atomic E-state index is 0.0303. The van der Waals surface area contributed by atoms with Gasteiger partial charge in [0.25, 0.3) is 0 Å². The molecule has 5 aromatic carbocycles. The lowest BCUT2D eigenvalue weighted by atomic mass is 10.00. The van der Waals surface area contributed by atoms with Crippen LogP contribution in [-0.4, -0.2) is 94.6 Å². The maximum atomic E-state index is 14.7. The van der Waals surface area contributed by atoms with Gasteiger partial charge in [0.05, 0.1) is 0 Å². The third-order valence-electron chi connectivity index (χ3n) is 14.3. The highest BCUT2D eigenvalue weighted by atomic mass is 19.2. The highest BCUT2D eigenvalue weighted by molar-refractivity contribution is 5.99. The van der Waals surface area contributed by atoms with E-state index in [9.17, 15) is 28.0 Å². The van der Waals surface area contributed by atoms with Gasteiger partial charge in [-0.2, -0.15) is 0 Å². The molecule has 0 radical (unpaired) electrons. The lowest BCUT2D eigenvalue weighted by Crippen LogP contribution is -2.49. The zero-order chi connectivity index (χ0) is 47.7. The SMILES string of the molecule is O=C(Nc1ccc(CN(Cc2ccc(NC(=O)C3CCCN3C(=O)[C@@H](c3ccccc3)N3CCCCC3)cc2)c2ccc(F)c(F)c2)cc1)C1CCCN1C(=O)[C@@H](c1ccccc1)N1CCCCC1. The molecule has 4 aliphatic rings. The number of halogens is 2. The molecule has 4 atom stereocenters. The van der Waals surface area contributed by atoms with Gasteiger partial charge in [0.2, 0.25) is 23.6 Å². The maximum absolute atomic E-state index is 14.7. The number of nitrogens with one attached hydrogen (secondary N) is 2. The van der Waals surface area contributed by atoms with Crippen molar-refractivity contribution in [2.75, 3.05) is 54.8 Å². The first-order chi connectivity index (χ1) is 33.7. The monoisotopic (exact) mass is 935 g/mol. The summed E-state index contributed by atoms with van der Waals surface area (Å²) in [6.07, 6.45) is 9.16. The van der Waals surface area contributed by atoms with Crippen LogP contribution < -0.4 is 15.5 Å². The van der Waals surface area contributed by atoms with Crippen LogP contribution in [0.2, 0.25) is 0 Å². The summed E-state index contributed by atoms with van der Waals surface area (Å²) in [4.78, 5) is 66.3. The van der Waals surface area contributed by atoms with Gasteiger partial charge >= 0.3 is 0 Å². The molecule has 2 N–H and O–H groups in total. The molecule has 0 saturated carbocycles. The van der Waals surface area contributed by atoms with Crippen LogP contribution in [-0.2, 0) is 32.3 Å². The van der Waals surface area contributed by atoms with E-state index in [4.69, 9.17) is 0 Å². The van der Waals surface area contributed by atoms with Gasteiger partial charge in [-0.05, 0) is 136 Å². The number of anilines is 3. The van der Waals surface area contributed by atoms with Crippen molar-refractivity contribution in [3.63, 3.8) is 0 Å². The first-order valence-corrected chi connectivity index (χ1v) is 24.9. The number of likely N-dealkylation sites (tertiary alicyclic amines) is 4. The van der Waals surface area contributed by atoms with Gasteiger partial charge in [-0.25, -0.2) is 8.78 Å². The second kappa shape index (κ2) is 22.3. The molecule has 0 spiro atoms. The normalized spacial score (nSPS) is 19.7. The minimum atomic E-state index is -0.954. The zero-order valence-electron chi connectivity index (χ0n) is 39.3. The van der Waals surface area contributed by atoms with E-state index in [-0.39, 0.29) is 23.6 Å². The predicted molar refractivity (Wildman–Crippen MR) is 265 cm³/mol. The quantitative estimate of drug-likeness (QED) is 0.108. The average Bonchev–Trinajstić information content (AvgIpc) is 4.09. The van der Waals surface area contributed by atoms with Crippen molar-refractivity contribution in [3.05, 3.63) is 161 Å². The van der Waals surface area contributed by atoms with E-state index < -0.39 is 35.8 Å². The highest BCUT2D eigenvalue weighted by Gasteiger charge is 2.41. The molecular formula is C56H63F2N7O4. The lowest BCUT2D eigenvalue weighted by molar-refractivity contribution is -0.142. The molecular weight excluding hydrogens is 873 g/mol. The van der Waals surface area contributed by atoms with Crippen molar-refractivity contribution in [1.82, 2.24) is 19.6 Å². The predicted octanol–water partition coefficient (Wildman–Crippen LogP) is 9.48. The van der Waals surface area contributed by atoms with Gasteiger partial charge in [0.1, 0.15) is 24.2 Å². The number of amides is 4. The number of hydrogen-bond donors (Lipinski definition) is 2. The summed E-state index contributed by atoms with van der Waals surface area (Å²) < 4.78 is 28.9. The average molecular weight is 936 g/mol. The van der Waals surface area contributed by atoms with E-state index in [0.29, 0.717) is 56.1 Å². The molecule has 11 nitrogen and oxygen atoms in total. The minimum Gasteiger partial charge on any atom is -0.363 e. The topological polar surface area (TPSA) is 109 Å². The van der Waals surface area contributed by atoms with Crippen molar-refractivity contribution >= 4 is 40.7 Å². The number of carbonyl (C=O) groups is 4. The van der Waals surface area contributed by atoms with Crippen LogP contribution in [0.25, 0.3) is 0 Å². The third-order valence-corrected chi connectivity index (χ3v) is 14.3. The van der Waals surface area contributed by atoms with Crippen LogP contribution in [0, 0.1) is 11.6 Å². The number of benzene rings is 5. The molecule has 9 rings (SSSR count). The molecule has 4 fully saturated rings. The Morgan fingerprint density at radius 1 is 0.493 bits per heavy atom. The van der Waals surface area contributed by atoms with Gasteiger partial charge in [0.15, 0.2) is 11.6 Å². The number of carbonyl (C=O) groups excluding carboxylic acids is 4. The van der Waals surface area contributed by atoms with Gasteiger partial charge in [-0.1, -0.05) is 97.8 Å². The number of rotatable bonds is 15. The van der Waals surface area contributed by atoms with Crippen molar-refractivity contribution in [1.29, 1.82) is 0 Å². The molecule has 360 valence electrons. The molecule has 4 heterocycles. The number of hydrogen-bond acceptors (Lipinski definition) is 7. The molecule has 4 aliphatic heterocycles. The summed E-state index contributed by atoms with van der Waals surface area (Å²) in [5, 5.41) is 6.12. The van der Waals surface area contributed by atoms with Gasteiger partial charge < -0.3 is 25.3 Å². The highest BCUT2D eigenvalue weighted by Crippen LogP contribution is 2.33. The van der Waals surface area contributed by atoms with Crippen molar-refractivity contribution in [3.8, 4) is 0 Å². The summed E-state index contributed by atoms with van der Waals surface area (Å²) >= 11 is 0. The Balaban J connectivity index is 0.842. The van der Waals surface area contributed by atoms with Gasteiger partial charge in [-0.3, -0.25) is 29.0 Å². The van der Waals surface area contributed by atoms with Crippen molar-refractivity contribution < 1.29 is 28.0 Å². The van der Waals surface area contributed by atoms with Crippen LogP contribution in [0.15, 0.2) is 127 Å². The zero-order valence-corrected chi connectivity index (χ0v) is 39.3. The Hall–Kier alpha value is -6.44. The van der Waals surface area contributed by atoms with Crippen molar-refractivity contribution in [2.45, 2.75) is 101 Å². The second-order valence-electron chi connectivity index (χ2n) is 19.0. The standard InChI is InChI=1S/C56H63F2N7O4/c57-47-30-29-46(37-48(47)58)63(38-40-21-25-44(26-22-40)59-53(66)49-19-13-35-64(49)55(68)51(42-15-5-1-6-16-42)61-31-9-3-10-32-61)39-41-23-27-45(28-24-41)60-54(67)50-20-14-36-65(50)56(69)52(43-17-7-2-8-18-43)62-33-11-4-12-34-62/h1-2,5-8,15-18,21-30,37,49-52H,3-4,9-14,19-20,31-36,38-39H2,(H,59,66)(H,60,67)/t49?,50?,51-,52-/m1/s1. The van der Waals surface area contributed by atoms with E-state index in [0.717, 1.165) is 106 Å². The molecule has 0 aliphatic carbocycles. The van der Waals surface area contributed by atoms with Crippen LogP contribution >= 0.6 is 0 Å². The van der Waals surface area contributed by atoms with E-state index in [1.165, 1.54) is 6.07 Å². The van der Waals surface area contributed by atoms with E-state index in [1.54, 1.807) is 15.9 Å². The largest absolute Gasteiger partial charge is 0.363 e. The summed E-state index contributed by atoms with van der Waals surface area (Å²) in [6, 6.07) is 36.5. The molecule has 2 unspecified atom stereocenters. The van der Waals surface area contributed by atoms with E-state index in [2.05, 4.69) is 20.4 Å². The number of piperidine rings is 2. The Morgan fingerprint density at radius 3 is 1.32 bits per heavy atom. The fraction of sp³-hybridized carbons (Fsp3) is 0.393. The van der Waals surface area contributed by atoms with Gasteiger partial charge in [0, 0.05) is 49.3 Å². The molecule has 0 bridgehead atoms. The molecule has 0 aromatic heterocycles. The molecule has 4 amide bonds. The Kier molecular flexibility index (Phi) is 15.4. The van der Waals surface area contributed by atoms with Crippen molar-refractivity contribution in [2.24, 2.45) is 0 Å².